The van der Waals surface area contributed by atoms with Gasteiger partial charge in [0.15, 0.2) is 0 Å². The Morgan fingerprint density at radius 1 is 1.21 bits per heavy atom. The van der Waals surface area contributed by atoms with E-state index in [1.54, 1.807) is 11.3 Å². The van der Waals surface area contributed by atoms with Crippen molar-refractivity contribution in [2.45, 2.75) is 18.7 Å². The van der Waals surface area contributed by atoms with Crippen LogP contribution >= 0.6 is 22.9 Å². The third-order valence-corrected chi connectivity index (χ3v) is 4.86. The summed E-state index contributed by atoms with van der Waals surface area (Å²) in [5.41, 5.74) is 2.22. The van der Waals surface area contributed by atoms with E-state index >= 15 is 0 Å². The van der Waals surface area contributed by atoms with Crippen molar-refractivity contribution in [2.75, 3.05) is 0 Å². The van der Waals surface area contributed by atoms with Crippen LogP contribution in [0.25, 0.3) is 10.1 Å². The summed E-state index contributed by atoms with van der Waals surface area (Å²) in [6.07, 6.45) is 2.67. The first-order chi connectivity index (χ1) is 9.22. The monoisotopic (exact) mass is 287 g/mol. The van der Waals surface area contributed by atoms with Crippen molar-refractivity contribution in [3.05, 3.63) is 64.8 Å². The SMILES string of the molecule is Cc1ccc(CC(Cl)c2cc3ccccc3s2)nc1. The first-order valence-corrected chi connectivity index (χ1v) is 7.52. The molecular weight excluding hydrogens is 274 g/mol. The number of hydrogen-bond donors (Lipinski definition) is 0. The van der Waals surface area contributed by atoms with Crippen molar-refractivity contribution in [3.63, 3.8) is 0 Å². The normalized spacial score (nSPS) is 12.7. The fourth-order valence-electron chi connectivity index (χ4n) is 2.06. The van der Waals surface area contributed by atoms with Crippen LogP contribution in [-0.4, -0.2) is 4.98 Å². The minimum atomic E-state index is -0.00685. The Balaban J connectivity index is 1.83. The maximum Gasteiger partial charge on any atom is 0.0734 e. The van der Waals surface area contributed by atoms with Crippen LogP contribution in [0.15, 0.2) is 48.7 Å². The Labute approximate surface area is 121 Å². The second kappa shape index (κ2) is 5.32. The molecule has 0 fully saturated rings. The number of rotatable bonds is 3. The molecule has 3 aromatic rings. The van der Waals surface area contributed by atoms with E-state index < -0.39 is 0 Å². The molecule has 0 N–H and O–H groups in total. The maximum atomic E-state index is 6.52. The highest BCUT2D eigenvalue weighted by atomic mass is 35.5. The molecule has 19 heavy (non-hydrogen) atoms. The average Bonchev–Trinajstić information content (AvgIpc) is 2.85. The lowest BCUT2D eigenvalue weighted by molar-refractivity contribution is 0.894. The highest BCUT2D eigenvalue weighted by Gasteiger charge is 2.13. The largest absolute Gasteiger partial charge is 0.261 e. The number of pyridine rings is 1. The van der Waals surface area contributed by atoms with E-state index in [2.05, 4.69) is 47.4 Å². The van der Waals surface area contributed by atoms with Crippen molar-refractivity contribution in [1.82, 2.24) is 4.98 Å². The molecular formula is C16H14ClNS. The predicted molar refractivity (Wildman–Crippen MR) is 83.1 cm³/mol. The topological polar surface area (TPSA) is 12.9 Å². The second-order valence-electron chi connectivity index (χ2n) is 4.69. The van der Waals surface area contributed by atoms with Gasteiger partial charge in [0.05, 0.1) is 5.38 Å². The zero-order chi connectivity index (χ0) is 13.2. The Bertz CT molecular complexity index is 654. The van der Waals surface area contributed by atoms with Crippen LogP contribution in [0.2, 0.25) is 0 Å². The molecule has 96 valence electrons. The summed E-state index contributed by atoms with van der Waals surface area (Å²) >= 11 is 8.29. The van der Waals surface area contributed by atoms with Gasteiger partial charge in [-0.2, -0.15) is 0 Å². The minimum absolute atomic E-state index is 0.00685. The molecule has 2 heterocycles. The van der Waals surface area contributed by atoms with Crippen molar-refractivity contribution in [2.24, 2.45) is 0 Å². The van der Waals surface area contributed by atoms with Crippen molar-refractivity contribution in [3.8, 4) is 0 Å². The highest BCUT2D eigenvalue weighted by molar-refractivity contribution is 7.19. The van der Waals surface area contributed by atoms with Crippen LogP contribution < -0.4 is 0 Å². The molecule has 2 aromatic heterocycles. The van der Waals surface area contributed by atoms with Crippen molar-refractivity contribution >= 4 is 33.0 Å². The minimum Gasteiger partial charge on any atom is -0.261 e. The van der Waals surface area contributed by atoms with Gasteiger partial charge in [0.1, 0.15) is 0 Å². The Morgan fingerprint density at radius 2 is 2.05 bits per heavy atom. The van der Waals surface area contributed by atoms with E-state index in [4.69, 9.17) is 11.6 Å². The van der Waals surface area contributed by atoms with Crippen LogP contribution in [-0.2, 0) is 6.42 Å². The molecule has 0 amide bonds. The van der Waals surface area contributed by atoms with Gasteiger partial charge in [-0.15, -0.1) is 22.9 Å². The second-order valence-corrected chi connectivity index (χ2v) is 6.33. The maximum absolute atomic E-state index is 6.52. The predicted octanol–water partition coefficient (Wildman–Crippen LogP) is 5.13. The van der Waals surface area contributed by atoms with Gasteiger partial charge in [0, 0.05) is 27.9 Å². The van der Waals surface area contributed by atoms with Crippen LogP contribution in [0.5, 0.6) is 0 Å². The standard InChI is InChI=1S/C16H14ClNS/c1-11-6-7-13(18-10-11)9-14(17)16-8-12-4-2-3-5-15(12)19-16/h2-8,10,14H,9H2,1H3. The summed E-state index contributed by atoms with van der Waals surface area (Å²) in [7, 11) is 0. The molecule has 0 saturated carbocycles. The number of thiophene rings is 1. The first-order valence-electron chi connectivity index (χ1n) is 6.26. The number of benzene rings is 1. The molecule has 0 spiro atoms. The molecule has 1 atom stereocenters. The lowest BCUT2D eigenvalue weighted by Gasteiger charge is -2.06. The van der Waals surface area contributed by atoms with Crippen LogP contribution in [0.3, 0.4) is 0 Å². The van der Waals surface area contributed by atoms with Gasteiger partial charge in [-0.05, 0) is 36.1 Å². The quantitative estimate of drug-likeness (QED) is 0.609. The Hall–Kier alpha value is -1.38. The number of aryl methyl sites for hydroxylation is 1. The van der Waals surface area contributed by atoms with Crippen LogP contribution in [0, 0.1) is 6.92 Å². The van der Waals surface area contributed by atoms with E-state index in [0.717, 1.165) is 12.1 Å². The van der Waals surface area contributed by atoms with E-state index in [0.29, 0.717) is 0 Å². The molecule has 1 nitrogen and oxygen atoms in total. The molecule has 0 aliphatic heterocycles. The number of nitrogens with zero attached hydrogens (tertiary/aromatic N) is 1. The van der Waals surface area contributed by atoms with Gasteiger partial charge < -0.3 is 0 Å². The summed E-state index contributed by atoms with van der Waals surface area (Å²) in [5.74, 6) is 0. The fraction of sp³-hybridized carbons (Fsp3) is 0.188. The fourth-order valence-corrected chi connectivity index (χ4v) is 3.46. The van der Waals surface area contributed by atoms with E-state index in [1.165, 1.54) is 20.5 Å². The summed E-state index contributed by atoms with van der Waals surface area (Å²) in [5, 5.41) is 1.26. The number of halogens is 1. The molecule has 0 aliphatic carbocycles. The zero-order valence-corrected chi connectivity index (χ0v) is 12.2. The lowest BCUT2D eigenvalue weighted by Crippen LogP contribution is -1.96. The number of aromatic nitrogens is 1. The lowest BCUT2D eigenvalue weighted by atomic mass is 10.1. The van der Waals surface area contributed by atoms with Crippen molar-refractivity contribution in [1.29, 1.82) is 0 Å². The molecule has 1 aromatic carbocycles. The van der Waals surface area contributed by atoms with Gasteiger partial charge in [-0.25, -0.2) is 0 Å². The van der Waals surface area contributed by atoms with E-state index in [-0.39, 0.29) is 5.38 Å². The number of hydrogen-bond acceptors (Lipinski definition) is 2. The van der Waals surface area contributed by atoms with Crippen LogP contribution in [0.4, 0.5) is 0 Å². The smallest absolute Gasteiger partial charge is 0.0734 e. The molecule has 3 heteroatoms. The van der Waals surface area contributed by atoms with E-state index in [9.17, 15) is 0 Å². The molecule has 3 rings (SSSR count). The zero-order valence-electron chi connectivity index (χ0n) is 10.6. The third kappa shape index (κ3) is 2.80. The van der Waals surface area contributed by atoms with Crippen LogP contribution in [0.1, 0.15) is 21.5 Å². The highest BCUT2D eigenvalue weighted by Crippen LogP contribution is 2.34. The first kappa shape index (κ1) is 12.6. The molecule has 0 saturated heterocycles. The average molecular weight is 288 g/mol. The third-order valence-electron chi connectivity index (χ3n) is 3.11. The molecule has 0 bridgehead atoms. The summed E-state index contributed by atoms with van der Waals surface area (Å²) < 4.78 is 1.29. The Kier molecular flexibility index (Phi) is 3.54. The number of alkyl halides is 1. The number of fused-ring (bicyclic) bond motifs is 1. The van der Waals surface area contributed by atoms with Gasteiger partial charge in [-0.1, -0.05) is 24.3 Å². The summed E-state index contributed by atoms with van der Waals surface area (Å²) in [4.78, 5) is 5.63. The molecule has 1 unspecified atom stereocenters. The molecule has 0 aliphatic rings. The van der Waals surface area contributed by atoms with Gasteiger partial charge in [0.2, 0.25) is 0 Å². The van der Waals surface area contributed by atoms with Crippen molar-refractivity contribution < 1.29 is 0 Å². The summed E-state index contributed by atoms with van der Waals surface area (Å²) in [6.45, 7) is 2.04. The van der Waals surface area contributed by atoms with E-state index in [1.807, 2.05) is 13.1 Å². The van der Waals surface area contributed by atoms with Gasteiger partial charge in [-0.3, -0.25) is 4.98 Å². The Morgan fingerprint density at radius 3 is 2.79 bits per heavy atom. The molecule has 0 radical (unpaired) electrons. The van der Waals surface area contributed by atoms with Gasteiger partial charge >= 0.3 is 0 Å². The van der Waals surface area contributed by atoms with Gasteiger partial charge in [0.25, 0.3) is 0 Å². The summed E-state index contributed by atoms with van der Waals surface area (Å²) in [6, 6.07) is 14.7.